The molecule has 2 amide bonds. The third kappa shape index (κ3) is 6.76. The van der Waals surface area contributed by atoms with Gasteiger partial charge in [-0.25, -0.2) is 4.39 Å². The zero-order valence-corrected chi connectivity index (χ0v) is 17.3. The van der Waals surface area contributed by atoms with Crippen molar-refractivity contribution in [2.45, 2.75) is 24.8 Å². The summed E-state index contributed by atoms with van der Waals surface area (Å²) < 4.78 is 13.8. The minimum atomic E-state index is -1.77. The maximum absolute atomic E-state index is 13.8. The van der Waals surface area contributed by atoms with E-state index in [1.807, 2.05) is 30.3 Å². The number of halogens is 1. The summed E-state index contributed by atoms with van der Waals surface area (Å²) in [4.78, 5) is 25.4. The van der Waals surface area contributed by atoms with Crippen LogP contribution in [0.2, 0.25) is 0 Å². The number of hydrogen-bond donors (Lipinski definition) is 4. The van der Waals surface area contributed by atoms with Crippen LogP contribution in [0.4, 0.5) is 4.39 Å². The molecule has 164 valence electrons. The van der Waals surface area contributed by atoms with E-state index in [2.05, 4.69) is 10.6 Å². The van der Waals surface area contributed by atoms with Crippen LogP contribution in [0.25, 0.3) is 0 Å². The second-order valence-electron chi connectivity index (χ2n) is 7.43. The molecule has 4 N–H and O–H groups in total. The van der Waals surface area contributed by atoms with Crippen LogP contribution in [0.15, 0.2) is 84.9 Å². The quantitative estimate of drug-likeness (QED) is 0.389. The second-order valence-corrected chi connectivity index (χ2v) is 7.43. The Kier molecular flexibility index (Phi) is 8.13. The summed E-state index contributed by atoms with van der Waals surface area (Å²) in [6.07, 6.45) is 0.00525. The number of rotatable bonds is 9. The Morgan fingerprint density at radius 1 is 0.875 bits per heavy atom. The molecule has 0 saturated carbocycles. The summed E-state index contributed by atoms with van der Waals surface area (Å²) in [6, 6.07) is 22.4. The Morgan fingerprint density at radius 3 is 2.16 bits per heavy atom. The van der Waals surface area contributed by atoms with Crippen molar-refractivity contribution in [2.75, 3.05) is 0 Å². The summed E-state index contributed by atoms with van der Waals surface area (Å²) in [5.41, 5.74) is 1.65. The van der Waals surface area contributed by atoms with Gasteiger partial charge >= 0.3 is 7.12 Å². The van der Waals surface area contributed by atoms with Gasteiger partial charge in [-0.2, -0.15) is 0 Å². The highest BCUT2D eigenvalue weighted by atomic mass is 19.1. The number of nitrogens with one attached hydrogen (secondary N) is 2. The van der Waals surface area contributed by atoms with E-state index in [0.717, 1.165) is 5.56 Å². The molecular weight excluding hydrogens is 410 g/mol. The summed E-state index contributed by atoms with van der Waals surface area (Å²) >= 11 is 0. The number of hydrogen-bond acceptors (Lipinski definition) is 4. The van der Waals surface area contributed by atoms with E-state index in [-0.39, 0.29) is 12.8 Å². The van der Waals surface area contributed by atoms with Gasteiger partial charge in [-0.3, -0.25) is 9.59 Å². The summed E-state index contributed by atoms with van der Waals surface area (Å²) in [5, 5.41) is 24.8. The van der Waals surface area contributed by atoms with E-state index in [9.17, 15) is 24.0 Å². The van der Waals surface area contributed by atoms with Crippen LogP contribution in [-0.4, -0.2) is 34.9 Å². The number of benzene rings is 3. The lowest BCUT2D eigenvalue weighted by Gasteiger charge is -2.22. The summed E-state index contributed by atoms with van der Waals surface area (Å²) in [7, 11) is -1.77. The van der Waals surface area contributed by atoms with Crippen LogP contribution in [0, 0.1) is 5.82 Å². The zero-order chi connectivity index (χ0) is 22.9. The molecule has 0 fully saturated rings. The van der Waals surface area contributed by atoms with E-state index in [4.69, 9.17) is 0 Å². The van der Waals surface area contributed by atoms with Gasteiger partial charge in [0.25, 0.3) is 5.91 Å². The van der Waals surface area contributed by atoms with Crippen LogP contribution in [-0.2, 0) is 11.2 Å². The molecule has 0 aliphatic carbocycles. The molecule has 6 nitrogen and oxygen atoms in total. The molecule has 0 aliphatic heterocycles. The molecule has 32 heavy (non-hydrogen) atoms. The molecular formula is C24H24BFN2O4. The first-order valence-electron chi connectivity index (χ1n) is 10.2. The standard InChI is InChI=1S/C24H24BFN2O4/c26-20-13-7-12-19(15-20)21(27-24(30)18-10-5-2-6-11-18)16-23(29)28-22(25(31)32)14-17-8-3-1-4-9-17/h1-13,15,21-22,31-32H,14,16H2,(H,27,30)(H,28,29)/t21?,22-/m0/s1. The topological polar surface area (TPSA) is 98.7 Å². The van der Waals surface area contributed by atoms with Gasteiger partial charge in [0.1, 0.15) is 5.82 Å². The van der Waals surface area contributed by atoms with Gasteiger partial charge in [-0.15, -0.1) is 0 Å². The molecule has 0 bridgehead atoms. The first-order chi connectivity index (χ1) is 15.4. The first kappa shape index (κ1) is 23.2. The predicted molar refractivity (Wildman–Crippen MR) is 120 cm³/mol. The second kappa shape index (κ2) is 11.2. The molecule has 0 spiro atoms. The lowest BCUT2D eigenvalue weighted by Crippen LogP contribution is -2.48. The van der Waals surface area contributed by atoms with Gasteiger partial charge in [-0.1, -0.05) is 60.7 Å². The number of carbonyl (C=O) groups is 2. The Balaban J connectivity index is 1.74. The fourth-order valence-corrected chi connectivity index (χ4v) is 3.36. The van der Waals surface area contributed by atoms with Crippen LogP contribution >= 0.6 is 0 Å². The fourth-order valence-electron chi connectivity index (χ4n) is 3.36. The van der Waals surface area contributed by atoms with Crippen LogP contribution in [0.5, 0.6) is 0 Å². The molecule has 3 rings (SSSR count). The van der Waals surface area contributed by atoms with Crippen LogP contribution in [0.3, 0.4) is 0 Å². The lowest BCUT2D eigenvalue weighted by molar-refractivity contribution is -0.122. The van der Waals surface area contributed by atoms with Gasteiger partial charge in [0.15, 0.2) is 0 Å². The smallest absolute Gasteiger partial charge is 0.426 e. The minimum Gasteiger partial charge on any atom is -0.426 e. The average molecular weight is 434 g/mol. The van der Waals surface area contributed by atoms with Crippen molar-refractivity contribution in [2.24, 2.45) is 0 Å². The molecule has 3 aromatic carbocycles. The minimum absolute atomic E-state index is 0.208. The monoisotopic (exact) mass is 434 g/mol. The lowest BCUT2D eigenvalue weighted by atomic mass is 9.76. The summed E-state index contributed by atoms with van der Waals surface area (Å²) in [6.45, 7) is 0. The molecule has 2 atom stereocenters. The molecule has 0 radical (unpaired) electrons. The Labute approximate surface area is 186 Å². The fraction of sp³-hybridized carbons (Fsp3) is 0.167. The molecule has 0 heterocycles. The molecule has 3 aromatic rings. The molecule has 1 unspecified atom stereocenters. The van der Waals surface area contributed by atoms with Crippen molar-refractivity contribution in [1.82, 2.24) is 10.6 Å². The highest BCUT2D eigenvalue weighted by Gasteiger charge is 2.27. The van der Waals surface area contributed by atoms with Crippen molar-refractivity contribution < 1.29 is 24.0 Å². The Morgan fingerprint density at radius 2 is 1.53 bits per heavy atom. The Hall–Kier alpha value is -3.49. The van der Waals surface area contributed by atoms with Gasteiger partial charge in [0, 0.05) is 5.56 Å². The Bertz CT molecular complexity index is 1030. The molecule has 0 saturated heterocycles. The highest BCUT2D eigenvalue weighted by Crippen LogP contribution is 2.19. The largest absolute Gasteiger partial charge is 0.475 e. The molecule has 0 aromatic heterocycles. The maximum atomic E-state index is 13.8. The maximum Gasteiger partial charge on any atom is 0.475 e. The number of amides is 2. The van der Waals surface area contributed by atoms with E-state index >= 15 is 0 Å². The predicted octanol–water partition coefficient (Wildman–Crippen LogP) is 2.43. The third-order valence-electron chi connectivity index (χ3n) is 4.99. The zero-order valence-electron chi connectivity index (χ0n) is 17.3. The van der Waals surface area contributed by atoms with E-state index < -0.39 is 36.7 Å². The van der Waals surface area contributed by atoms with Crippen molar-refractivity contribution >= 4 is 18.9 Å². The van der Waals surface area contributed by atoms with Crippen molar-refractivity contribution in [1.29, 1.82) is 0 Å². The van der Waals surface area contributed by atoms with Gasteiger partial charge < -0.3 is 20.7 Å². The molecule has 8 heteroatoms. The van der Waals surface area contributed by atoms with E-state index in [1.54, 1.807) is 36.4 Å². The van der Waals surface area contributed by atoms with E-state index in [0.29, 0.717) is 11.1 Å². The van der Waals surface area contributed by atoms with Gasteiger partial charge in [-0.05, 0) is 41.8 Å². The van der Waals surface area contributed by atoms with Gasteiger partial charge in [0.2, 0.25) is 5.91 Å². The number of carbonyl (C=O) groups excluding carboxylic acids is 2. The molecule has 0 aliphatic rings. The SMILES string of the molecule is O=C(CC(NC(=O)c1ccccc1)c1cccc(F)c1)N[C@@H](Cc1ccccc1)B(O)O. The normalized spacial score (nSPS) is 12.5. The third-order valence-corrected chi connectivity index (χ3v) is 4.99. The van der Waals surface area contributed by atoms with Crippen LogP contribution in [0.1, 0.15) is 33.9 Å². The van der Waals surface area contributed by atoms with Crippen molar-refractivity contribution in [3.63, 3.8) is 0 Å². The first-order valence-corrected chi connectivity index (χ1v) is 10.2. The highest BCUT2D eigenvalue weighted by molar-refractivity contribution is 6.43. The van der Waals surface area contributed by atoms with Crippen molar-refractivity contribution in [3.05, 3.63) is 107 Å². The summed E-state index contributed by atoms with van der Waals surface area (Å²) in [5.74, 6) is -2.35. The van der Waals surface area contributed by atoms with Crippen molar-refractivity contribution in [3.8, 4) is 0 Å². The van der Waals surface area contributed by atoms with Gasteiger partial charge in [0.05, 0.1) is 18.4 Å². The van der Waals surface area contributed by atoms with Crippen LogP contribution < -0.4 is 10.6 Å². The van der Waals surface area contributed by atoms with E-state index in [1.165, 1.54) is 18.2 Å². The average Bonchev–Trinajstić information content (AvgIpc) is 2.79.